The van der Waals surface area contributed by atoms with E-state index in [9.17, 15) is 13.2 Å². The lowest BCUT2D eigenvalue weighted by Crippen LogP contribution is -2.37. The van der Waals surface area contributed by atoms with Gasteiger partial charge in [0, 0.05) is 23.7 Å². The highest BCUT2D eigenvalue weighted by atomic mass is 35.5. The Morgan fingerprint density at radius 1 is 1.48 bits per heavy atom. The molecule has 8 heteroatoms. The van der Waals surface area contributed by atoms with Gasteiger partial charge in [0.2, 0.25) is 10.0 Å². The Labute approximate surface area is 128 Å². The van der Waals surface area contributed by atoms with E-state index in [-0.39, 0.29) is 17.2 Å². The highest BCUT2D eigenvalue weighted by molar-refractivity contribution is 7.89. The summed E-state index contributed by atoms with van der Waals surface area (Å²) < 4.78 is 31.7. The van der Waals surface area contributed by atoms with Crippen LogP contribution in [0.2, 0.25) is 5.02 Å². The number of hydrogen-bond acceptors (Lipinski definition) is 4. The number of aliphatic carboxylic acids is 1. The molecule has 1 aliphatic heterocycles. The topological polar surface area (TPSA) is 83.9 Å². The van der Waals surface area contributed by atoms with Crippen LogP contribution in [0.1, 0.15) is 13.3 Å². The van der Waals surface area contributed by atoms with Crippen molar-refractivity contribution in [2.45, 2.75) is 24.3 Å². The Bertz CT molecular complexity index is 661. The van der Waals surface area contributed by atoms with Gasteiger partial charge in [-0.05, 0) is 25.5 Å². The van der Waals surface area contributed by atoms with E-state index >= 15 is 0 Å². The van der Waals surface area contributed by atoms with Crippen molar-refractivity contribution in [2.24, 2.45) is 5.92 Å². The molecule has 0 saturated carbocycles. The summed E-state index contributed by atoms with van der Waals surface area (Å²) in [6.45, 7) is 1.78. The van der Waals surface area contributed by atoms with Crippen molar-refractivity contribution in [3.63, 3.8) is 0 Å². The molecule has 1 fully saturated rings. The van der Waals surface area contributed by atoms with E-state index in [0.717, 1.165) is 0 Å². The van der Waals surface area contributed by atoms with Gasteiger partial charge in [-0.1, -0.05) is 11.6 Å². The number of nitrogens with zero attached hydrogens (tertiary/aromatic N) is 1. The monoisotopic (exact) mass is 333 g/mol. The molecule has 0 amide bonds. The number of methoxy groups -OCH3 is 1. The summed E-state index contributed by atoms with van der Waals surface area (Å²) in [5.41, 5.74) is 0. The molecule has 0 bridgehead atoms. The van der Waals surface area contributed by atoms with Gasteiger partial charge < -0.3 is 9.84 Å². The summed E-state index contributed by atoms with van der Waals surface area (Å²) in [6.07, 6.45) is 0.297. The van der Waals surface area contributed by atoms with Crippen molar-refractivity contribution >= 4 is 27.6 Å². The van der Waals surface area contributed by atoms with Crippen molar-refractivity contribution in [2.75, 3.05) is 13.7 Å². The SMILES string of the molecule is COc1cc(Cl)ccc1S(=O)(=O)N1CCC(C(=O)O)C1C. The molecule has 1 aliphatic rings. The molecule has 2 rings (SSSR count). The molecular formula is C13H16ClNO5S. The number of carboxylic acid groups (broad SMARTS) is 1. The van der Waals surface area contributed by atoms with Gasteiger partial charge >= 0.3 is 5.97 Å². The first-order chi connectivity index (χ1) is 9.78. The van der Waals surface area contributed by atoms with Crippen molar-refractivity contribution in [1.29, 1.82) is 0 Å². The van der Waals surface area contributed by atoms with Gasteiger partial charge in [-0.25, -0.2) is 8.42 Å². The van der Waals surface area contributed by atoms with Gasteiger partial charge in [0.25, 0.3) is 0 Å². The number of carboxylic acids is 1. The lowest BCUT2D eigenvalue weighted by molar-refractivity contribution is -0.142. The standard InChI is InChI=1S/C13H16ClNO5S/c1-8-10(13(16)17)5-6-15(8)21(18,19)12-4-3-9(14)7-11(12)20-2/h3-4,7-8,10H,5-6H2,1-2H3,(H,16,17). The molecule has 0 aliphatic carbocycles. The third-order valence-corrected chi connectivity index (χ3v) is 5.99. The first kappa shape index (κ1) is 16.1. The van der Waals surface area contributed by atoms with Crippen LogP contribution >= 0.6 is 11.6 Å². The van der Waals surface area contributed by atoms with Crippen LogP contribution < -0.4 is 4.74 Å². The Morgan fingerprint density at radius 3 is 2.67 bits per heavy atom. The maximum Gasteiger partial charge on any atom is 0.308 e. The van der Waals surface area contributed by atoms with Crippen molar-refractivity contribution < 1.29 is 23.1 Å². The third-order valence-electron chi connectivity index (χ3n) is 3.73. The summed E-state index contributed by atoms with van der Waals surface area (Å²) in [4.78, 5) is 11.1. The number of halogens is 1. The predicted octanol–water partition coefficient (Wildman–Crippen LogP) is 1.83. The largest absolute Gasteiger partial charge is 0.495 e. The summed E-state index contributed by atoms with van der Waals surface area (Å²) >= 11 is 5.83. The smallest absolute Gasteiger partial charge is 0.308 e. The molecule has 1 saturated heterocycles. The van der Waals surface area contributed by atoms with Crippen LogP contribution in [0.25, 0.3) is 0 Å². The molecule has 6 nitrogen and oxygen atoms in total. The summed E-state index contributed by atoms with van der Waals surface area (Å²) in [5, 5.41) is 9.48. The second kappa shape index (κ2) is 5.82. The fourth-order valence-corrected chi connectivity index (χ4v) is 4.54. The van der Waals surface area contributed by atoms with Gasteiger partial charge in [0.05, 0.1) is 13.0 Å². The van der Waals surface area contributed by atoms with Crippen molar-refractivity contribution in [1.82, 2.24) is 4.31 Å². The summed E-state index contributed by atoms with van der Waals surface area (Å²) in [6, 6.07) is 3.65. The van der Waals surface area contributed by atoms with Gasteiger partial charge in [0.15, 0.2) is 0 Å². The second-order valence-electron chi connectivity index (χ2n) is 4.88. The molecule has 2 unspecified atom stereocenters. The molecule has 0 radical (unpaired) electrons. The molecule has 1 heterocycles. The zero-order valence-electron chi connectivity index (χ0n) is 11.6. The number of rotatable bonds is 4. The van der Waals surface area contributed by atoms with Crippen LogP contribution in [0.3, 0.4) is 0 Å². The first-order valence-electron chi connectivity index (χ1n) is 6.37. The highest BCUT2D eigenvalue weighted by Crippen LogP contribution is 2.35. The molecule has 116 valence electrons. The maximum atomic E-state index is 12.7. The quantitative estimate of drug-likeness (QED) is 0.908. The fraction of sp³-hybridized carbons (Fsp3) is 0.462. The minimum atomic E-state index is -3.83. The van der Waals surface area contributed by atoms with Crippen molar-refractivity contribution in [3.8, 4) is 5.75 Å². The number of benzene rings is 1. The van der Waals surface area contributed by atoms with E-state index in [0.29, 0.717) is 11.4 Å². The molecule has 21 heavy (non-hydrogen) atoms. The van der Waals surface area contributed by atoms with Gasteiger partial charge in [-0.15, -0.1) is 0 Å². The average molecular weight is 334 g/mol. The van der Waals surface area contributed by atoms with E-state index in [2.05, 4.69) is 0 Å². The third kappa shape index (κ3) is 2.86. The Morgan fingerprint density at radius 2 is 2.14 bits per heavy atom. The maximum absolute atomic E-state index is 12.7. The van der Waals surface area contributed by atoms with Gasteiger partial charge in [0.1, 0.15) is 10.6 Å². The van der Waals surface area contributed by atoms with Crippen LogP contribution in [0.4, 0.5) is 0 Å². The highest BCUT2D eigenvalue weighted by Gasteiger charge is 2.43. The van der Waals surface area contributed by atoms with Crippen LogP contribution in [0, 0.1) is 5.92 Å². The van der Waals surface area contributed by atoms with Crippen molar-refractivity contribution in [3.05, 3.63) is 23.2 Å². The Balaban J connectivity index is 2.42. The number of carbonyl (C=O) groups is 1. The van der Waals surface area contributed by atoms with E-state index in [4.69, 9.17) is 21.4 Å². The molecule has 0 aromatic heterocycles. The molecule has 2 atom stereocenters. The first-order valence-corrected chi connectivity index (χ1v) is 8.19. The zero-order chi connectivity index (χ0) is 15.8. The van der Waals surface area contributed by atoms with E-state index < -0.39 is 28.0 Å². The second-order valence-corrected chi connectivity index (χ2v) is 7.18. The van der Waals surface area contributed by atoms with E-state index in [1.54, 1.807) is 6.92 Å². The fourth-order valence-electron chi connectivity index (χ4n) is 2.56. The van der Waals surface area contributed by atoms with E-state index in [1.165, 1.54) is 29.6 Å². The Kier molecular flexibility index (Phi) is 4.46. The number of sulfonamides is 1. The number of hydrogen-bond donors (Lipinski definition) is 1. The van der Waals surface area contributed by atoms with Gasteiger partial charge in [-0.2, -0.15) is 4.31 Å². The average Bonchev–Trinajstić information content (AvgIpc) is 2.80. The zero-order valence-corrected chi connectivity index (χ0v) is 13.2. The lowest BCUT2D eigenvalue weighted by Gasteiger charge is -2.23. The van der Waals surface area contributed by atoms with Crippen LogP contribution in [-0.2, 0) is 14.8 Å². The summed E-state index contributed by atoms with van der Waals surface area (Å²) in [5.74, 6) is -1.53. The Hall–Kier alpha value is -1.31. The molecule has 1 N–H and O–H groups in total. The minimum Gasteiger partial charge on any atom is -0.495 e. The molecule has 0 spiro atoms. The molecule has 1 aromatic rings. The minimum absolute atomic E-state index is 0.00714. The molecule has 1 aromatic carbocycles. The predicted molar refractivity (Wildman–Crippen MR) is 77.1 cm³/mol. The number of ether oxygens (including phenoxy) is 1. The van der Waals surface area contributed by atoms with Gasteiger partial charge in [-0.3, -0.25) is 4.79 Å². The molecular weight excluding hydrogens is 318 g/mol. The summed E-state index contributed by atoms with van der Waals surface area (Å²) in [7, 11) is -2.47. The van der Waals surface area contributed by atoms with Crippen LogP contribution in [0.5, 0.6) is 5.75 Å². The normalized spacial score (nSPS) is 23.2. The van der Waals surface area contributed by atoms with E-state index in [1.807, 2.05) is 0 Å². The van der Waals surface area contributed by atoms with Crippen LogP contribution in [0.15, 0.2) is 23.1 Å². The lowest BCUT2D eigenvalue weighted by atomic mass is 10.0. The van der Waals surface area contributed by atoms with Crippen LogP contribution in [-0.4, -0.2) is 43.5 Å².